The Morgan fingerprint density at radius 2 is 1.48 bits per heavy atom. The number of rotatable bonds is 14. The number of ether oxygens (including phenoxy) is 1. The number of hydrogen-bond acceptors (Lipinski definition) is 6. The van der Waals surface area contributed by atoms with Gasteiger partial charge in [-0.05, 0) is 51.8 Å². The summed E-state index contributed by atoms with van der Waals surface area (Å²) in [6, 6.07) is 33.2. The van der Waals surface area contributed by atoms with Gasteiger partial charge in [-0.15, -0.1) is 0 Å². The minimum Gasteiger partial charge on any atom is -0.445 e. The fourth-order valence-corrected chi connectivity index (χ4v) is 6.58. The van der Waals surface area contributed by atoms with Gasteiger partial charge in [-0.3, -0.25) is 15.0 Å². The summed E-state index contributed by atoms with van der Waals surface area (Å²) in [5.74, 6) is -1.81. The Hall–Kier alpha value is -4.51. The molecular formula is C40H45BrN4O5. The molecule has 0 saturated heterocycles. The van der Waals surface area contributed by atoms with E-state index >= 15 is 0 Å². The number of carbonyl (C=O) groups excluding carboxylic acids is 3. The number of amides is 3. The molecule has 1 aliphatic carbocycles. The predicted octanol–water partition coefficient (Wildman–Crippen LogP) is 6.43. The van der Waals surface area contributed by atoms with Gasteiger partial charge >= 0.3 is 6.09 Å². The average Bonchev–Trinajstić information content (AvgIpc) is 3.43. The monoisotopic (exact) mass is 740 g/mol. The van der Waals surface area contributed by atoms with E-state index in [1.165, 1.54) is 0 Å². The standard InChI is InChI=1S/C40H45BrN4O5/c1-26(2)36(43-40(49)50-25-29-12-6-4-7-13-29)39(48)44-45(23-28-18-20-32(41)21-19-28)24-34(27(3)30-14-8-5-9-15-30)38(47)42-37-33-17-11-10-16-31(33)22-35(37)46/h4-21,26-27,34-37,46H,22-25H2,1-3H3,(H,42,47)(H,43,49)(H,44,48)/t27?,34?,35-,36?,37?/m1/s1. The molecular weight excluding hydrogens is 696 g/mol. The number of hydrogen-bond donors (Lipinski definition) is 4. The lowest BCUT2D eigenvalue weighted by Gasteiger charge is -2.33. The molecule has 4 unspecified atom stereocenters. The van der Waals surface area contributed by atoms with Crippen molar-refractivity contribution in [3.05, 3.63) is 141 Å². The number of fused-ring (bicyclic) bond motifs is 1. The highest BCUT2D eigenvalue weighted by molar-refractivity contribution is 9.10. The smallest absolute Gasteiger partial charge is 0.408 e. The fraction of sp³-hybridized carbons (Fsp3) is 0.325. The predicted molar refractivity (Wildman–Crippen MR) is 196 cm³/mol. The van der Waals surface area contributed by atoms with Crippen molar-refractivity contribution in [3.63, 3.8) is 0 Å². The summed E-state index contributed by atoms with van der Waals surface area (Å²) in [5, 5.41) is 18.6. The molecule has 3 amide bonds. The van der Waals surface area contributed by atoms with E-state index in [-0.39, 0.29) is 30.9 Å². The first-order valence-electron chi connectivity index (χ1n) is 17.0. The molecule has 10 heteroatoms. The molecule has 9 nitrogen and oxygen atoms in total. The van der Waals surface area contributed by atoms with Crippen LogP contribution in [0.15, 0.2) is 114 Å². The van der Waals surface area contributed by atoms with E-state index in [1.54, 1.807) is 5.01 Å². The number of benzene rings is 4. The van der Waals surface area contributed by atoms with Crippen molar-refractivity contribution < 1.29 is 24.2 Å². The number of aliphatic hydroxyl groups is 1. The van der Waals surface area contributed by atoms with Gasteiger partial charge in [-0.25, -0.2) is 9.80 Å². The van der Waals surface area contributed by atoms with E-state index in [0.717, 1.165) is 32.3 Å². The van der Waals surface area contributed by atoms with Gasteiger partial charge in [-0.2, -0.15) is 0 Å². The van der Waals surface area contributed by atoms with Crippen LogP contribution in [0.25, 0.3) is 0 Å². The summed E-state index contributed by atoms with van der Waals surface area (Å²) in [6.07, 6.45) is -0.988. The molecule has 4 aromatic rings. The molecule has 0 aliphatic heterocycles. The molecule has 0 spiro atoms. The summed E-state index contributed by atoms with van der Waals surface area (Å²) >= 11 is 3.49. The summed E-state index contributed by atoms with van der Waals surface area (Å²) in [6.45, 7) is 6.21. The zero-order valence-corrected chi connectivity index (χ0v) is 30.2. The molecule has 4 aromatic carbocycles. The number of halogens is 1. The van der Waals surface area contributed by atoms with Gasteiger partial charge in [0, 0.05) is 24.0 Å². The molecule has 1 aliphatic rings. The minimum absolute atomic E-state index is 0.0726. The maximum Gasteiger partial charge on any atom is 0.408 e. The van der Waals surface area contributed by atoms with E-state index in [1.807, 2.05) is 130 Å². The highest BCUT2D eigenvalue weighted by atomic mass is 79.9. The van der Waals surface area contributed by atoms with Gasteiger partial charge in [-0.1, -0.05) is 134 Å². The average molecular weight is 742 g/mol. The Labute approximate surface area is 302 Å². The van der Waals surface area contributed by atoms with Crippen LogP contribution in [-0.4, -0.2) is 46.7 Å². The van der Waals surface area contributed by atoms with E-state index in [9.17, 15) is 19.5 Å². The maximum absolute atomic E-state index is 14.3. The number of aliphatic hydroxyl groups excluding tert-OH is 1. The van der Waals surface area contributed by atoms with Crippen LogP contribution < -0.4 is 16.1 Å². The van der Waals surface area contributed by atoms with Crippen molar-refractivity contribution in [1.29, 1.82) is 0 Å². The van der Waals surface area contributed by atoms with Gasteiger partial charge in [0.1, 0.15) is 12.6 Å². The number of hydrazine groups is 1. The SMILES string of the molecule is CC(C)C(NC(=O)OCc1ccccc1)C(=O)NN(Cc1ccc(Br)cc1)CC(C(=O)NC1c2ccccc2C[C@H]1O)C(C)c1ccccc1. The molecule has 0 saturated carbocycles. The van der Waals surface area contributed by atoms with E-state index in [0.29, 0.717) is 13.0 Å². The van der Waals surface area contributed by atoms with Gasteiger partial charge < -0.3 is 20.5 Å². The van der Waals surface area contributed by atoms with E-state index in [4.69, 9.17) is 4.74 Å². The summed E-state index contributed by atoms with van der Waals surface area (Å²) in [4.78, 5) is 41.1. The normalized spacial score (nSPS) is 17.0. The van der Waals surface area contributed by atoms with Crippen LogP contribution in [0.4, 0.5) is 4.79 Å². The molecule has 50 heavy (non-hydrogen) atoms. The maximum atomic E-state index is 14.3. The largest absolute Gasteiger partial charge is 0.445 e. The highest BCUT2D eigenvalue weighted by Crippen LogP contribution is 2.33. The van der Waals surface area contributed by atoms with Gasteiger partial charge in [0.15, 0.2) is 0 Å². The van der Waals surface area contributed by atoms with Gasteiger partial charge in [0.25, 0.3) is 5.91 Å². The molecule has 0 aromatic heterocycles. The third-order valence-corrected chi connectivity index (χ3v) is 9.70. The lowest BCUT2D eigenvalue weighted by molar-refractivity contribution is -0.133. The van der Waals surface area contributed by atoms with Crippen molar-refractivity contribution in [2.24, 2.45) is 11.8 Å². The summed E-state index contributed by atoms with van der Waals surface area (Å²) < 4.78 is 6.34. The number of nitrogens with zero attached hydrogens (tertiary/aromatic N) is 1. The quantitative estimate of drug-likeness (QED) is 0.111. The van der Waals surface area contributed by atoms with Gasteiger partial charge in [0.05, 0.1) is 18.1 Å². The summed E-state index contributed by atoms with van der Waals surface area (Å²) in [5.41, 5.74) is 7.67. The zero-order chi connectivity index (χ0) is 35.6. The first-order valence-corrected chi connectivity index (χ1v) is 17.8. The second-order valence-electron chi connectivity index (χ2n) is 13.2. The number of carbonyl (C=O) groups is 3. The molecule has 0 bridgehead atoms. The van der Waals surface area contributed by atoms with E-state index < -0.39 is 36.1 Å². The molecule has 0 heterocycles. The Morgan fingerprint density at radius 1 is 0.840 bits per heavy atom. The molecule has 0 radical (unpaired) electrons. The third-order valence-electron chi connectivity index (χ3n) is 9.17. The van der Waals surface area contributed by atoms with Crippen LogP contribution in [0.3, 0.4) is 0 Å². The molecule has 4 N–H and O–H groups in total. The Balaban J connectivity index is 1.38. The number of alkyl carbamates (subject to hydrolysis) is 1. The lowest BCUT2D eigenvalue weighted by atomic mass is 9.86. The molecule has 262 valence electrons. The molecule has 0 fully saturated rings. The van der Waals surface area contributed by atoms with Crippen molar-refractivity contribution in [2.45, 2.75) is 64.4 Å². The zero-order valence-electron chi connectivity index (χ0n) is 28.6. The molecule has 5 rings (SSSR count). The lowest BCUT2D eigenvalue weighted by Crippen LogP contribution is -2.56. The topological polar surface area (TPSA) is 120 Å². The summed E-state index contributed by atoms with van der Waals surface area (Å²) in [7, 11) is 0. The number of nitrogens with one attached hydrogen (secondary N) is 3. The van der Waals surface area contributed by atoms with Crippen LogP contribution >= 0.6 is 15.9 Å². The van der Waals surface area contributed by atoms with Crippen LogP contribution in [0, 0.1) is 11.8 Å². The van der Waals surface area contributed by atoms with Crippen LogP contribution in [0.5, 0.6) is 0 Å². The first kappa shape index (κ1) is 36.8. The second kappa shape index (κ2) is 17.4. The fourth-order valence-electron chi connectivity index (χ4n) is 6.31. The Bertz CT molecular complexity index is 1720. The minimum atomic E-state index is -0.908. The highest BCUT2D eigenvalue weighted by Gasteiger charge is 2.37. The van der Waals surface area contributed by atoms with Crippen molar-refractivity contribution in [1.82, 2.24) is 21.1 Å². The van der Waals surface area contributed by atoms with E-state index in [2.05, 4.69) is 32.0 Å². The van der Waals surface area contributed by atoms with Gasteiger partial charge in [0.2, 0.25) is 5.91 Å². The molecule has 5 atom stereocenters. The van der Waals surface area contributed by atoms with Crippen LogP contribution in [-0.2, 0) is 33.9 Å². The van der Waals surface area contributed by atoms with Crippen molar-refractivity contribution >= 4 is 33.8 Å². The first-order chi connectivity index (χ1) is 24.1. The second-order valence-corrected chi connectivity index (χ2v) is 14.1. The Kier molecular flexibility index (Phi) is 12.8. The van der Waals surface area contributed by atoms with Crippen LogP contribution in [0.2, 0.25) is 0 Å². The van der Waals surface area contributed by atoms with Crippen molar-refractivity contribution in [3.8, 4) is 0 Å². The Morgan fingerprint density at radius 3 is 2.16 bits per heavy atom. The van der Waals surface area contributed by atoms with Crippen LogP contribution in [0.1, 0.15) is 60.5 Å². The van der Waals surface area contributed by atoms with Crippen molar-refractivity contribution in [2.75, 3.05) is 6.54 Å². The third kappa shape index (κ3) is 9.80.